The van der Waals surface area contributed by atoms with Gasteiger partial charge in [0.05, 0.1) is 16.3 Å². The number of halogens is 2. The van der Waals surface area contributed by atoms with E-state index in [1.165, 1.54) is 17.4 Å². The normalized spacial score (nSPS) is 15.2. The van der Waals surface area contributed by atoms with E-state index in [-0.39, 0.29) is 27.8 Å². The molecule has 172 valence electrons. The molecule has 1 amide bonds. The van der Waals surface area contributed by atoms with Gasteiger partial charge in [-0.3, -0.25) is 4.79 Å². The summed E-state index contributed by atoms with van der Waals surface area (Å²) in [6.07, 6.45) is 1.80. The van der Waals surface area contributed by atoms with Crippen LogP contribution in [0.5, 0.6) is 0 Å². The standard InChI is InChI=1S/C25H24Cl2N2O3S/c1-15(16-9-11-28-12-10-16)29(24(30)19-8-7-18(26)13-20(19)27)21-14-22(33-23(21)25(31)32)17-5-3-2-4-6-17/h2-8,13-16,28H,9-12H2,1H3,(H,31,32). The first kappa shape index (κ1) is 23.8. The minimum absolute atomic E-state index is 0.132. The minimum atomic E-state index is -1.06. The number of aromatic carboxylic acids is 1. The fourth-order valence-corrected chi connectivity index (χ4v) is 5.79. The van der Waals surface area contributed by atoms with Gasteiger partial charge in [-0.05, 0) is 68.6 Å². The lowest BCUT2D eigenvalue weighted by atomic mass is 9.89. The molecule has 1 unspecified atom stereocenters. The van der Waals surface area contributed by atoms with Gasteiger partial charge in [-0.2, -0.15) is 0 Å². The van der Waals surface area contributed by atoms with Crippen LogP contribution in [0.3, 0.4) is 0 Å². The molecular weight excluding hydrogens is 479 g/mol. The maximum absolute atomic E-state index is 13.9. The summed E-state index contributed by atoms with van der Waals surface area (Å²) in [6.45, 7) is 3.72. The van der Waals surface area contributed by atoms with Crippen LogP contribution in [0.25, 0.3) is 10.4 Å². The smallest absolute Gasteiger partial charge is 0.348 e. The van der Waals surface area contributed by atoms with Gasteiger partial charge < -0.3 is 15.3 Å². The molecule has 1 aliphatic heterocycles. The molecule has 1 aromatic heterocycles. The molecule has 2 heterocycles. The second kappa shape index (κ2) is 10.3. The summed E-state index contributed by atoms with van der Waals surface area (Å²) < 4.78 is 0. The predicted octanol–water partition coefficient (Wildman–Crippen LogP) is 6.46. The molecule has 8 heteroatoms. The highest BCUT2D eigenvalue weighted by Crippen LogP contribution is 2.40. The number of benzene rings is 2. The van der Waals surface area contributed by atoms with Crippen LogP contribution >= 0.6 is 34.5 Å². The summed E-state index contributed by atoms with van der Waals surface area (Å²) >= 11 is 13.6. The number of carbonyl (C=O) groups excluding carboxylic acids is 1. The highest BCUT2D eigenvalue weighted by Gasteiger charge is 2.34. The van der Waals surface area contributed by atoms with Crippen LogP contribution in [-0.4, -0.2) is 36.1 Å². The number of nitrogens with zero attached hydrogens (tertiary/aromatic N) is 1. The van der Waals surface area contributed by atoms with Gasteiger partial charge in [-0.25, -0.2) is 4.79 Å². The Morgan fingerprint density at radius 1 is 1.09 bits per heavy atom. The molecule has 2 N–H and O–H groups in total. The molecule has 1 fully saturated rings. The zero-order valence-electron chi connectivity index (χ0n) is 18.1. The Balaban J connectivity index is 1.84. The number of hydrogen-bond acceptors (Lipinski definition) is 4. The lowest BCUT2D eigenvalue weighted by Crippen LogP contribution is -2.46. The van der Waals surface area contributed by atoms with Crippen LogP contribution in [0.4, 0.5) is 5.69 Å². The molecular formula is C25H24Cl2N2O3S. The van der Waals surface area contributed by atoms with Gasteiger partial charge in [0, 0.05) is 15.9 Å². The average Bonchev–Trinajstić information content (AvgIpc) is 3.25. The molecule has 0 aliphatic carbocycles. The van der Waals surface area contributed by atoms with Crippen LogP contribution < -0.4 is 10.2 Å². The fourth-order valence-electron chi connectivity index (χ4n) is 4.30. The van der Waals surface area contributed by atoms with Gasteiger partial charge in [-0.1, -0.05) is 53.5 Å². The number of hydrogen-bond donors (Lipinski definition) is 2. The van der Waals surface area contributed by atoms with Crippen molar-refractivity contribution in [3.8, 4) is 10.4 Å². The summed E-state index contributed by atoms with van der Waals surface area (Å²) in [5, 5.41) is 14.1. The van der Waals surface area contributed by atoms with E-state index in [1.807, 2.05) is 43.3 Å². The highest BCUT2D eigenvalue weighted by molar-refractivity contribution is 7.18. The summed E-state index contributed by atoms with van der Waals surface area (Å²) in [5.74, 6) is -1.17. The summed E-state index contributed by atoms with van der Waals surface area (Å²) in [6, 6.07) is 15.9. The van der Waals surface area contributed by atoms with Crippen molar-refractivity contribution < 1.29 is 14.7 Å². The van der Waals surface area contributed by atoms with Crippen LogP contribution in [0, 0.1) is 5.92 Å². The van der Waals surface area contributed by atoms with E-state index in [0.717, 1.165) is 36.4 Å². The zero-order valence-corrected chi connectivity index (χ0v) is 20.4. The number of rotatable bonds is 6. The summed E-state index contributed by atoms with van der Waals surface area (Å²) in [4.78, 5) is 28.7. The number of amides is 1. The maximum atomic E-state index is 13.9. The van der Waals surface area contributed by atoms with Crippen LogP contribution in [0.2, 0.25) is 10.0 Å². The van der Waals surface area contributed by atoms with Gasteiger partial charge in [0.15, 0.2) is 0 Å². The minimum Gasteiger partial charge on any atom is -0.477 e. The van der Waals surface area contributed by atoms with E-state index in [1.54, 1.807) is 17.0 Å². The lowest BCUT2D eigenvalue weighted by molar-refractivity contribution is 0.0702. The number of carbonyl (C=O) groups is 2. The van der Waals surface area contributed by atoms with E-state index < -0.39 is 5.97 Å². The molecule has 0 saturated carbocycles. The van der Waals surface area contributed by atoms with Gasteiger partial charge >= 0.3 is 5.97 Å². The van der Waals surface area contributed by atoms with Crippen molar-refractivity contribution >= 4 is 52.1 Å². The highest BCUT2D eigenvalue weighted by atomic mass is 35.5. The van der Waals surface area contributed by atoms with E-state index in [4.69, 9.17) is 23.2 Å². The van der Waals surface area contributed by atoms with Crippen LogP contribution in [-0.2, 0) is 0 Å². The third-order valence-corrected chi connectivity index (χ3v) is 7.79. The second-order valence-electron chi connectivity index (χ2n) is 8.12. The van der Waals surface area contributed by atoms with Crippen molar-refractivity contribution in [2.75, 3.05) is 18.0 Å². The van der Waals surface area contributed by atoms with Gasteiger partial charge in [0.25, 0.3) is 5.91 Å². The molecule has 1 atom stereocenters. The fraction of sp³-hybridized carbons (Fsp3) is 0.280. The van der Waals surface area contributed by atoms with Crippen molar-refractivity contribution in [3.05, 3.63) is 75.1 Å². The van der Waals surface area contributed by atoms with Gasteiger partial charge in [0.1, 0.15) is 4.88 Å². The molecule has 4 rings (SSSR count). The topological polar surface area (TPSA) is 69.6 Å². The molecule has 0 spiro atoms. The zero-order chi connectivity index (χ0) is 23.5. The predicted molar refractivity (Wildman–Crippen MR) is 135 cm³/mol. The Hall–Kier alpha value is -2.38. The van der Waals surface area contributed by atoms with E-state index in [9.17, 15) is 14.7 Å². The Morgan fingerprint density at radius 2 is 1.79 bits per heavy atom. The number of anilines is 1. The van der Waals surface area contributed by atoms with Gasteiger partial charge in [0.2, 0.25) is 0 Å². The van der Waals surface area contributed by atoms with Crippen LogP contribution in [0.1, 0.15) is 39.8 Å². The average molecular weight is 503 g/mol. The second-order valence-corrected chi connectivity index (χ2v) is 10.0. The lowest BCUT2D eigenvalue weighted by Gasteiger charge is -2.37. The van der Waals surface area contributed by atoms with E-state index in [2.05, 4.69) is 5.32 Å². The van der Waals surface area contributed by atoms with Crippen molar-refractivity contribution in [2.24, 2.45) is 5.92 Å². The molecule has 1 aliphatic rings. The van der Waals surface area contributed by atoms with E-state index >= 15 is 0 Å². The third-order valence-electron chi connectivity index (χ3n) is 6.08. The molecule has 1 saturated heterocycles. The van der Waals surface area contributed by atoms with Gasteiger partial charge in [-0.15, -0.1) is 11.3 Å². The first-order valence-electron chi connectivity index (χ1n) is 10.8. The number of thiophene rings is 1. The maximum Gasteiger partial charge on any atom is 0.348 e. The Kier molecular flexibility index (Phi) is 7.39. The van der Waals surface area contributed by atoms with Crippen molar-refractivity contribution in [3.63, 3.8) is 0 Å². The SMILES string of the molecule is CC(C1CCNCC1)N(C(=O)c1ccc(Cl)cc1Cl)c1cc(-c2ccccc2)sc1C(=O)O. The molecule has 2 aromatic carbocycles. The molecule has 0 radical (unpaired) electrons. The van der Waals surface area contributed by atoms with Crippen LogP contribution in [0.15, 0.2) is 54.6 Å². The molecule has 3 aromatic rings. The number of carboxylic acid groups (broad SMARTS) is 1. The number of carboxylic acids is 1. The first-order valence-corrected chi connectivity index (χ1v) is 12.4. The Morgan fingerprint density at radius 3 is 2.42 bits per heavy atom. The molecule has 0 bridgehead atoms. The quantitative estimate of drug-likeness (QED) is 0.405. The number of nitrogens with one attached hydrogen (secondary N) is 1. The van der Waals surface area contributed by atoms with Crippen molar-refractivity contribution in [1.82, 2.24) is 5.32 Å². The Labute approximate surface area is 206 Å². The number of piperidine rings is 1. The summed E-state index contributed by atoms with van der Waals surface area (Å²) in [7, 11) is 0. The molecule has 33 heavy (non-hydrogen) atoms. The van der Waals surface area contributed by atoms with E-state index in [0.29, 0.717) is 16.3 Å². The third kappa shape index (κ3) is 5.09. The Bertz CT molecular complexity index is 1160. The van der Waals surface area contributed by atoms with Crippen molar-refractivity contribution in [1.29, 1.82) is 0 Å². The molecule has 5 nitrogen and oxygen atoms in total. The monoisotopic (exact) mass is 502 g/mol. The first-order chi connectivity index (χ1) is 15.9. The largest absolute Gasteiger partial charge is 0.477 e. The summed E-state index contributed by atoms with van der Waals surface area (Å²) in [5.41, 5.74) is 1.60. The van der Waals surface area contributed by atoms with Crippen molar-refractivity contribution in [2.45, 2.75) is 25.8 Å².